The molecule has 6 rings (SSSR count). The molecule has 2 amide bonds. The summed E-state index contributed by atoms with van der Waals surface area (Å²) in [6.07, 6.45) is 2.59. The highest BCUT2D eigenvalue weighted by atomic mass is 35.5. The molecule has 2 aliphatic heterocycles. The van der Waals surface area contributed by atoms with Gasteiger partial charge in [-0.25, -0.2) is 18.7 Å². The van der Waals surface area contributed by atoms with Crippen molar-refractivity contribution in [2.75, 3.05) is 27.3 Å². The molecule has 4 N–H and O–H groups in total. The van der Waals surface area contributed by atoms with E-state index in [1.807, 2.05) is 12.1 Å². The van der Waals surface area contributed by atoms with Gasteiger partial charge in [-0.2, -0.15) is 0 Å². The van der Waals surface area contributed by atoms with Crippen LogP contribution < -0.4 is 30.7 Å². The molecule has 2 fully saturated rings. The monoisotopic (exact) mass is 724 g/mol. The molecular formula is C36H36Cl2F2N6O4. The van der Waals surface area contributed by atoms with Gasteiger partial charge < -0.3 is 30.7 Å². The third-order valence-electron chi connectivity index (χ3n) is 8.83. The number of amides is 2. The van der Waals surface area contributed by atoms with Gasteiger partial charge in [-0.1, -0.05) is 35.3 Å². The van der Waals surface area contributed by atoms with Crippen LogP contribution in [0.2, 0.25) is 10.0 Å². The molecule has 0 spiro atoms. The summed E-state index contributed by atoms with van der Waals surface area (Å²) < 4.78 is 42.3. The number of methoxy groups -OCH3 is 2. The number of hydrogen-bond donors (Lipinski definition) is 4. The van der Waals surface area contributed by atoms with Gasteiger partial charge in [0.15, 0.2) is 0 Å². The Morgan fingerprint density at radius 3 is 1.48 bits per heavy atom. The summed E-state index contributed by atoms with van der Waals surface area (Å²) in [7, 11) is 2.99. The van der Waals surface area contributed by atoms with E-state index in [2.05, 4.69) is 31.2 Å². The first-order valence-electron chi connectivity index (χ1n) is 16.2. The standard InChI is InChI=1S/C36H36Cl2F2N6O4/c1-49-35-19(15-41-17-21-5-13-29(47)43-21)3-11-27(45-35)23-7-9-25(39)31(33(23)37)32-26(40)10-8-24(34(32)38)28-12-4-20(36(46-28)50-2)16-42-18-22-6-14-30(48)44-22/h3-4,7-12,21-22,41-42H,5-6,13-18H2,1-2H3,(H,43,47)(H,44,48)/t21-,22-/m0/s1. The fourth-order valence-corrected chi connectivity index (χ4v) is 6.93. The Morgan fingerprint density at radius 1 is 0.700 bits per heavy atom. The van der Waals surface area contributed by atoms with Gasteiger partial charge in [0.05, 0.1) is 35.7 Å². The zero-order valence-electron chi connectivity index (χ0n) is 27.5. The lowest BCUT2D eigenvalue weighted by molar-refractivity contribution is -0.120. The van der Waals surface area contributed by atoms with Crippen LogP contribution in [0.5, 0.6) is 11.8 Å². The highest BCUT2D eigenvalue weighted by molar-refractivity contribution is 6.39. The molecule has 0 bridgehead atoms. The van der Waals surface area contributed by atoms with Gasteiger partial charge in [-0.05, 0) is 49.2 Å². The van der Waals surface area contributed by atoms with Gasteiger partial charge >= 0.3 is 0 Å². The summed E-state index contributed by atoms with van der Waals surface area (Å²) in [5.74, 6) is -0.771. The number of nitrogens with one attached hydrogen (secondary N) is 4. The maximum absolute atomic E-state index is 15.6. The molecule has 0 saturated carbocycles. The van der Waals surface area contributed by atoms with Crippen LogP contribution >= 0.6 is 23.2 Å². The lowest BCUT2D eigenvalue weighted by atomic mass is 9.96. The summed E-state index contributed by atoms with van der Waals surface area (Å²) >= 11 is 13.7. The molecule has 0 aliphatic carbocycles. The normalized spacial score (nSPS) is 17.2. The van der Waals surface area contributed by atoms with Crippen LogP contribution in [-0.4, -0.2) is 61.2 Å². The fraction of sp³-hybridized carbons (Fsp3) is 0.333. The van der Waals surface area contributed by atoms with Crippen LogP contribution in [0.3, 0.4) is 0 Å². The average molecular weight is 726 g/mol. The minimum Gasteiger partial charge on any atom is -0.481 e. The van der Waals surface area contributed by atoms with E-state index in [1.54, 1.807) is 12.1 Å². The second-order valence-electron chi connectivity index (χ2n) is 12.2. The number of hydrogen-bond acceptors (Lipinski definition) is 8. The Kier molecular flexibility index (Phi) is 11.1. The Labute approximate surface area is 298 Å². The van der Waals surface area contributed by atoms with Gasteiger partial charge in [-0.15, -0.1) is 0 Å². The first kappa shape index (κ1) is 35.5. The number of nitrogens with zero attached hydrogens (tertiary/aromatic N) is 2. The van der Waals surface area contributed by atoms with Gasteiger partial charge in [-0.3, -0.25) is 9.59 Å². The Morgan fingerprint density at radius 2 is 1.12 bits per heavy atom. The van der Waals surface area contributed by atoms with E-state index in [4.69, 9.17) is 32.7 Å². The number of rotatable bonds is 13. The molecule has 50 heavy (non-hydrogen) atoms. The van der Waals surface area contributed by atoms with E-state index in [9.17, 15) is 9.59 Å². The number of ether oxygens (including phenoxy) is 2. The minimum absolute atomic E-state index is 0.0485. The van der Waals surface area contributed by atoms with E-state index >= 15 is 8.78 Å². The first-order chi connectivity index (χ1) is 24.2. The number of aromatic nitrogens is 2. The molecule has 262 valence electrons. The van der Waals surface area contributed by atoms with Crippen molar-refractivity contribution in [3.8, 4) is 45.4 Å². The first-order valence-corrected chi connectivity index (χ1v) is 17.0. The molecule has 2 atom stereocenters. The summed E-state index contributed by atoms with van der Waals surface area (Å²) in [4.78, 5) is 32.2. The maximum Gasteiger partial charge on any atom is 0.220 e. The zero-order valence-corrected chi connectivity index (χ0v) is 29.0. The SMILES string of the molecule is COc1nc(-c2ccc(F)c(-c3c(F)ccc(-c4ccc(CNC[C@@H]5CCC(=O)N5)c(OC)n4)c3Cl)c2Cl)ccc1CNC[C@@H]1CCC(=O)N1. The molecule has 2 saturated heterocycles. The van der Waals surface area contributed by atoms with Gasteiger partial charge in [0, 0.05) is 84.5 Å². The van der Waals surface area contributed by atoms with Gasteiger partial charge in [0.25, 0.3) is 0 Å². The van der Waals surface area contributed by atoms with Gasteiger partial charge in [0.1, 0.15) is 11.6 Å². The van der Waals surface area contributed by atoms with Crippen LogP contribution in [0.4, 0.5) is 8.78 Å². The third kappa shape index (κ3) is 7.68. The zero-order chi connectivity index (χ0) is 35.4. The second kappa shape index (κ2) is 15.7. The van der Waals surface area contributed by atoms with Crippen molar-refractivity contribution >= 4 is 35.0 Å². The highest BCUT2D eigenvalue weighted by Gasteiger charge is 2.25. The Bertz CT molecular complexity index is 1790. The van der Waals surface area contributed by atoms with E-state index in [-0.39, 0.29) is 45.1 Å². The minimum atomic E-state index is -0.770. The molecule has 2 aromatic carbocycles. The van der Waals surface area contributed by atoms with E-state index in [0.29, 0.717) is 73.3 Å². The smallest absolute Gasteiger partial charge is 0.220 e. The molecule has 0 unspecified atom stereocenters. The van der Waals surface area contributed by atoms with Crippen molar-refractivity contribution < 1.29 is 27.8 Å². The molecule has 0 radical (unpaired) electrons. The topological polar surface area (TPSA) is 126 Å². The van der Waals surface area contributed by atoms with E-state index in [1.165, 1.54) is 38.5 Å². The quantitative estimate of drug-likeness (QED) is 0.136. The third-order valence-corrected chi connectivity index (χ3v) is 9.62. The van der Waals surface area contributed by atoms with E-state index < -0.39 is 11.6 Å². The van der Waals surface area contributed by atoms with Gasteiger partial charge in [0.2, 0.25) is 23.6 Å². The predicted octanol–water partition coefficient (Wildman–Crippen LogP) is 5.82. The van der Waals surface area contributed by atoms with Crippen molar-refractivity contribution in [2.45, 2.75) is 50.9 Å². The summed E-state index contributed by atoms with van der Waals surface area (Å²) in [5, 5.41) is 12.3. The van der Waals surface area contributed by atoms with Crippen molar-refractivity contribution in [1.29, 1.82) is 0 Å². The van der Waals surface area contributed by atoms with Crippen LogP contribution in [0.1, 0.15) is 36.8 Å². The van der Waals surface area contributed by atoms with Crippen LogP contribution in [0.25, 0.3) is 33.6 Å². The Hall–Kier alpha value is -4.36. The van der Waals surface area contributed by atoms with Crippen LogP contribution in [-0.2, 0) is 22.7 Å². The number of carbonyl (C=O) groups is 2. The number of pyridine rings is 2. The number of carbonyl (C=O) groups excluding carboxylic acids is 2. The number of halogens is 4. The second-order valence-corrected chi connectivity index (χ2v) is 12.9. The molecule has 4 aromatic rings. The maximum atomic E-state index is 15.6. The van der Waals surface area contributed by atoms with Crippen molar-refractivity contribution in [3.63, 3.8) is 0 Å². The van der Waals surface area contributed by atoms with Crippen molar-refractivity contribution in [1.82, 2.24) is 31.2 Å². The van der Waals surface area contributed by atoms with Crippen LogP contribution in [0, 0.1) is 11.6 Å². The Balaban J connectivity index is 1.26. The summed E-state index contributed by atoms with van der Waals surface area (Å²) in [5.41, 5.74) is 2.59. The van der Waals surface area contributed by atoms with Crippen molar-refractivity contribution in [2.24, 2.45) is 0 Å². The summed E-state index contributed by atoms with van der Waals surface area (Å²) in [6, 6.07) is 12.6. The largest absolute Gasteiger partial charge is 0.481 e. The lowest BCUT2D eigenvalue weighted by Crippen LogP contribution is -2.35. The van der Waals surface area contributed by atoms with E-state index in [0.717, 1.165) is 24.0 Å². The average Bonchev–Trinajstić information content (AvgIpc) is 3.73. The molecule has 2 aromatic heterocycles. The highest BCUT2D eigenvalue weighted by Crippen LogP contribution is 2.45. The molecular weight excluding hydrogens is 689 g/mol. The molecule has 14 heteroatoms. The molecule has 10 nitrogen and oxygen atoms in total. The molecule has 4 heterocycles. The lowest BCUT2D eigenvalue weighted by Gasteiger charge is -2.17. The molecule has 2 aliphatic rings. The predicted molar refractivity (Wildman–Crippen MR) is 187 cm³/mol. The summed E-state index contributed by atoms with van der Waals surface area (Å²) in [6.45, 7) is 2.08. The fourth-order valence-electron chi connectivity index (χ4n) is 6.24. The van der Waals surface area contributed by atoms with Crippen molar-refractivity contribution in [3.05, 3.63) is 81.3 Å². The number of benzene rings is 2. The van der Waals surface area contributed by atoms with Crippen LogP contribution in [0.15, 0.2) is 48.5 Å².